The molecule has 0 radical (unpaired) electrons. The Morgan fingerprint density at radius 3 is 2.81 bits per heavy atom. The SMILES string of the molecule is Cc1ccc(C(=O)CN2CCc3oc(-c4cccc(Cl)c4)nc3C2)cc1. The van der Waals surface area contributed by atoms with Crippen molar-refractivity contribution in [3.63, 3.8) is 0 Å². The summed E-state index contributed by atoms with van der Waals surface area (Å²) in [5, 5.41) is 0.656. The van der Waals surface area contributed by atoms with Gasteiger partial charge in [-0.1, -0.05) is 47.5 Å². The van der Waals surface area contributed by atoms with E-state index in [0.717, 1.165) is 41.1 Å². The van der Waals surface area contributed by atoms with E-state index in [0.29, 0.717) is 24.0 Å². The minimum Gasteiger partial charge on any atom is -0.441 e. The molecule has 0 N–H and O–H groups in total. The van der Waals surface area contributed by atoms with Gasteiger partial charge in [0.25, 0.3) is 0 Å². The number of fused-ring (bicyclic) bond motifs is 1. The molecule has 0 saturated heterocycles. The Labute approximate surface area is 157 Å². The zero-order valence-electron chi connectivity index (χ0n) is 14.5. The van der Waals surface area contributed by atoms with Crippen LogP contribution in [0.2, 0.25) is 5.02 Å². The van der Waals surface area contributed by atoms with Crippen LogP contribution in [0.1, 0.15) is 27.4 Å². The molecular formula is C21H19ClN2O2. The number of ketones is 1. The first kappa shape index (κ1) is 17.0. The molecule has 0 atom stereocenters. The second-order valence-electron chi connectivity index (χ2n) is 6.65. The van der Waals surface area contributed by atoms with Crippen LogP contribution in [0.4, 0.5) is 0 Å². The van der Waals surface area contributed by atoms with Gasteiger partial charge in [-0.25, -0.2) is 4.98 Å². The summed E-state index contributed by atoms with van der Waals surface area (Å²) in [6.07, 6.45) is 0.754. The van der Waals surface area contributed by atoms with E-state index < -0.39 is 0 Å². The summed E-state index contributed by atoms with van der Waals surface area (Å²) >= 11 is 6.05. The van der Waals surface area contributed by atoms with Gasteiger partial charge in [0.1, 0.15) is 5.76 Å². The maximum Gasteiger partial charge on any atom is 0.226 e. The van der Waals surface area contributed by atoms with Crippen LogP contribution in [-0.2, 0) is 13.0 Å². The fraction of sp³-hybridized carbons (Fsp3) is 0.238. The zero-order chi connectivity index (χ0) is 18.1. The van der Waals surface area contributed by atoms with Gasteiger partial charge in [-0.3, -0.25) is 9.69 Å². The Bertz CT molecular complexity index is 947. The van der Waals surface area contributed by atoms with Crippen molar-refractivity contribution >= 4 is 17.4 Å². The molecule has 0 spiro atoms. The summed E-state index contributed by atoms with van der Waals surface area (Å²) in [5.41, 5.74) is 3.68. The van der Waals surface area contributed by atoms with Gasteiger partial charge in [0.15, 0.2) is 5.78 Å². The lowest BCUT2D eigenvalue weighted by Crippen LogP contribution is -2.34. The predicted octanol–water partition coefficient (Wildman–Crippen LogP) is 4.54. The van der Waals surface area contributed by atoms with E-state index in [4.69, 9.17) is 16.0 Å². The van der Waals surface area contributed by atoms with E-state index in [1.807, 2.05) is 55.5 Å². The van der Waals surface area contributed by atoms with Gasteiger partial charge in [0.2, 0.25) is 5.89 Å². The lowest BCUT2D eigenvalue weighted by molar-refractivity contribution is 0.0918. The third-order valence-electron chi connectivity index (χ3n) is 4.62. The molecule has 4 rings (SSSR count). The summed E-state index contributed by atoms with van der Waals surface area (Å²) in [7, 11) is 0. The standard InChI is InChI=1S/C21H19ClN2O2/c1-14-5-7-15(8-6-14)19(25)13-24-10-9-20-18(12-24)23-21(26-20)16-3-2-4-17(22)11-16/h2-8,11H,9-10,12-13H2,1H3. The number of oxazole rings is 1. The lowest BCUT2D eigenvalue weighted by Gasteiger charge is -2.24. The molecular weight excluding hydrogens is 348 g/mol. The van der Waals surface area contributed by atoms with E-state index in [9.17, 15) is 4.79 Å². The second kappa shape index (κ2) is 7.06. The van der Waals surface area contributed by atoms with Crippen molar-refractivity contribution < 1.29 is 9.21 Å². The Kier molecular flexibility index (Phi) is 4.62. The molecule has 2 heterocycles. The van der Waals surface area contributed by atoms with Gasteiger partial charge >= 0.3 is 0 Å². The molecule has 1 aliphatic rings. The predicted molar refractivity (Wildman–Crippen MR) is 101 cm³/mol. The first-order valence-corrected chi connectivity index (χ1v) is 9.03. The maximum atomic E-state index is 12.5. The molecule has 1 aromatic heterocycles. The van der Waals surface area contributed by atoms with Crippen molar-refractivity contribution in [2.24, 2.45) is 0 Å². The second-order valence-corrected chi connectivity index (χ2v) is 7.09. The number of hydrogen-bond acceptors (Lipinski definition) is 4. The van der Waals surface area contributed by atoms with Crippen LogP contribution >= 0.6 is 11.6 Å². The maximum absolute atomic E-state index is 12.5. The minimum atomic E-state index is 0.131. The zero-order valence-corrected chi connectivity index (χ0v) is 15.3. The van der Waals surface area contributed by atoms with Crippen LogP contribution in [0.5, 0.6) is 0 Å². The minimum absolute atomic E-state index is 0.131. The summed E-state index contributed by atoms with van der Waals surface area (Å²) < 4.78 is 5.92. The number of Topliss-reactive ketones (excluding diaryl/α,β-unsaturated/α-hetero) is 1. The Morgan fingerprint density at radius 2 is 2.04 bits per heavy atom. The molecule has 5 heteroatoms. The van der Waals surface area contributed by atoms with E-state index in [2.05, 4.69) is 9.88 Å². The van der Waals surface area contributed by atoms with Crippen LogP contribution in [0.15, 0.2) is 52.9 Å². The van der Waals surface area contributed by atoms with Crippen molar-refractivity contribution in [2.45, 2.75) is 19.9 Å². The highest BCUT2D eigenvalue weighted by molar-refractivity contribution is 6.30. The Balaban J connectivity index is 1.48. The number of aryl methyl sites for hydroxylation is 1. The lowest BCUT2D eigenvalue weighted by atomic mass is 10.1. The molecule has 2 aromatic carbocycles. The highest BCUT2D eigenvalue weighted by Gasteiger charge is 2.24. The number of aromatic nitrogens is 1. The van der Waals surface area contributed by atoms with Crippen molar-refractivity contribution in [1.82, 2.24) is 9.88 Å². The average Bonchev–Trinajstić information content (AvgIpc) is 3.05. The molecule has 0 unspecified atom stereocenters. The summed E-state index contributed by atoms with van der Waals surface area (Å²) in [6.45, 7) is 3.82. The number of hydrogen-bond donors (Lipinski definition) is 0. The average molecular weight is 367 g/mol. The summed E-state index contributed by atoms with van der Waals surface area (Å²) in [5.74, 6) is 1.62. The van der Waals surface area contributed by atoms with Crippen molar-refractivity contribution in [1.29, 1.82) is 0 Å². The first-order chi connectivity index (χ1) is 12.6. The number of nitrogens with zero attached hydrogens (tertiary/aromatic N) is 2. The smallest absolute Gasteiger partial charge is 0.226 e. The Hall–Kier alpha value is -2.43. The van der Waals surface area contributed by atoms with Gasteiger partial charge in [0, 0.05) is 35.7 Å². The molecule has 1 aliphatic heterocycles. The molecule has 0 amide bonds. The molecule has 3 aromatic rings. The molecule has 0 saturated carbocycles. The largest absolute Gasteiger partial charge is 0.441 e. The van der Waals surface area contributed by atoms with Crippen LogP contribution < -0.4 is 0 Å². The van der Waals surface area contributed by atoms with Crippen LogP contribution in [0.25, 0.3) is 11.5 Å². The highest BCUT2D eigenvalue weighted by Crippen LogP contribution is 2.27. The van der Waals surface area contributed by atoms with Crippen molar-refractivity contribution in [3.8, 4) is 11.5 Å². The van der Waals surface area contributed by atoms with E-state index in [-0.39, 0.29) is 5.78 Å². The van der Waals surface area contributed by atoms with E-state index in [1.54, 1.807) is 0 Å². The number of halogens is 1. The van der Waals surface area contributed by atoms with Gasteiger partial charge in [-0.15, -0.1) is 0 Å². The highest BCUT2D eigenvalue weighted by atomic mass is 35.5. The first-order valence-electron chi connectivity index (χ1n) is 8.65. The van der Waals surface area contributed by atoms with E-state index >= 15 is 0 Å². The van der Waals surface area contributed by atoms with Crippen LogP contribution in [0, 0.1) is 6.92 Å². The monoisotopic (exact) mass is 366 g/mol. The fourth-order valence-electron chi connectivity index (χ4n) is 3.17. The van der Waals surface area contributed by atoms with Crippen LogP contribution in [0.3, 0.4) is 0 Å². The third kappa shape index (κ3) is 3.57. The topological polar surface area (TPSA) is 46.3 Å². The molecule has 0 fully saturated rings. The molecule has 0 bridgehead atoms. The summed E-state index contributed by atoms with van der Waals surface area (Å²) in [6, 6.07) is 15.2. The number of carbonyl (C=O) groups excluding carboxylic acids is 1. The third-order valence-corrected chi connectivity index (χ3v) is 4.85. The number of benzene rings is 2. The molecule has 4 nitrogen and oxygen atoms in total. The molecule has 26 heavy (non-hydrogen) atoms. The van der Waals surface area contributed by atoms with E-state index in [1.165, 1.54) is 0 Å². The van der Waals surface area contributed by atoms with Gasteiger partial charge in [0.05, 0.1) is 12.2 Å². The molecule has 132 valence electrons. The van der Waals surface area contributed by atoms with Crippen molar-refractivity contribution in [3.05, 3.63) is 76.1 Å². The number of rotatable bonds is 4. The fourth-order valence-corrected chi connectivity index (χ4v) is 3.36. The summed E-state index contributed by atoms with van der Waals surface area (Å²) in [4.78, 5) is 19.2. The van der Waals surface area contributed by atoms with Gasteiger partial charge < -0.3 is 4.42 Å². The van der Waals surface area contributed by atoms with Gasteiger partial charge in [-0.2, -0.15) is 0 Å². The Morgan fingerprint density at radius 1 is 1.23 bits per heavy atom. The van der Waals surface area contributed by atoms with Crippen molar-refractivity contribution in [2.75, 3.05) is 13.1 Å². The van der Waals surface area contributed by atoms with Crippen LogP contribution in [-0.4, -0.2) is 28.8 Å². The quantitative estimate of drug-likeness (QED) is 0.636. The normalized spacial score (nSPS) is 14.2. The number of carbonyl (C=O) groups is 1. The van der Waals surface area contributed by atoms with Gasteiger partial charge in [-0.05, 0) is 25.1 Å². The molecule has 0 aliphatic carbocycles.